The maximum atomic E-state index is 13.1. The molecule has 0 radical (unpaired) electrons. The first-order chi connectivity index (χ1) is 13.4. The fraction of sp³-hybridized carbons (Fsp3) is 0.318. The summed E-state index contributed by atoms with van der Waals surface area (Å²) in [5, 5.41) is 3.40. The number of esters is 1. The molecule has 4 rings (SSSR count). The van der Waals surface area contributed by atoms with E-state index >= 15 is 0 Å². The van der Waals surface area contributed by atoms with Crippen molar-refractivity contribution in [1.29, 1.82) is 0 Å². The highest BCUT2D eigenvalue weighted by molar-refractivity contribution is 5.90. The Kier molecular flexibility index (Phi) is 4.65. The van der Waals surface area contributed by atoms with E-state index in [9.17, 15) is 18.0 Å². The van der Waals surface area contributed by atoms with Gasteiger partial charge in [0.25, 0.3) is 0 Å². The third-order valence-electron chi connectivity index (χ3n) is 5.45. The third-order valence-corrected chi connectivity index (χ3v) is 5.45. The number of rotatable bonds is 3. The van der Waals surface area contributed by atoms with E-state index in [2.05, 4.69) is 17.5 Å². The lowest BCUT2D eigenvalue weighted by Gasteiger charge is -2.38. The van der Waals surface area contributed by atoms with Crippen LogP contribution in [0.3, 0.4) is 0 Å². The zero-order valence-electron chi connectivity index (χ0n) is 15.3. The summed E-state index contributed by atoms with van der Waals surface area (Å²) < 4.78 is 44.5. The number of fused-ring (bicyclic) bond motifs is 3. The molecule has 2 aliphatic rings. The maximum Gasteiger partial charge on any atom is 0.416 e. The molecular weight excluding hydrogens is 367 g/mol. The highest BCUT2D eigenvalue weighted by atomic mass is 19.4. The van der Waals surface area contributed by atoms with Gasteiger partial charge in [-0.05, 0) is 60.7 Å². The number of hydrogen-bond donors (Lipinski definition) is 1. The van der Waals surface area contributed by atoms with Crippen LogP contribution in [0.15, 0.2) is 54.6 Å². The molecule has 3 nitrogen and oxygen atoms in total. The molecule has 0 saturated carbocycles. The van der Waals surface area contributed by atoms with Crippen molar-refractivity contribution in [3.63, 3.8) is 0 Å². The number of nitrogens with one attached hydrogen (secondary N) is 1. The molecule has 28 heavy (non-hydrogen) atoms. The molecule has 0 fully saturated rings. The first-order valence-corrected chi connectivity index (χ1v) is 9.30. The number of carbonyl (C=O) groups excluding carboxylic acids is 1. The van der Waals surface area contributed by atoms with E-state index in [1.165, 1.54) is 12.1 Å². The molecule has 6 heteroatoms. The van der Waals surface area contributed by atoms with Gasteiger partial charge in [0, 0.05) is 11.6 Å². The second-order valence-corrected chi connectivity index (χ2v) is 7.12. The van der Waals surface area contributed by atoms with Crippen molar-refractivity contribution in [2.75, 3.05) is 11.9 Å². The van der Waals surface area contributed by atoms with E-state index < -0.39 is 11.7 Å². The van der Waals surface area contributed by atoms with E-state index in [0.717, 1.165) is 23.7 Å². The maximum absolute atomic E-state index is 13.1. The van der Waals surface area contributed by atoms with Gasteiger partial charge in [-0.2, -0.15) is 13.2 Å². The summed E-state index contributed by atoms with van der Waals surface area (Å²) in [6, 6.07) is 10.6. The molecule has 1 heterocycles. The number of hydrogen-bond acceptors (Lipinski definition) is 3. The molecule has 0 amide bonds. The van der Waals surface area contributed by atoms with Crippen molar-refractivity contribution in [2.45, 2.75) is 31.5 Å². The Morgan fingerprint density at radius 1 is 1.21 bits per heavy atom. The first kappa shape index (κ1) is 18.6. The van der Waals surface area contributed by atoms with Crippen LogP contribution < -0.4 is 5.32 Å². The summed E-state index contributed by atoms with van der Waals surface area (Å²) in [6.45, 7) is 2.06. The van der Waals surface area contributed by atoms with Gasteiger partial charge in [-0.15, -0.1) is 0 Å². The Bertz CT molecular complexity index is 936. The minimum Gasteiger partial charge on any atom is -0.462 e. The van der Waals surface area contributed by atoms with E-state index in [1.54, 1.807) is 19.1 Å². The Balaban J connectivity index is 1.71. The predicted octanol–water partition coefficient (Wildman–Crippen LogP) is 5.71. The molecule has 3 atom stereocenters. The van der Waals surface area contributed by atoms with Crippen LogP contribution in [0.2, 0.25) is 0 Å². The summed E-state index contributed by atoms with van der Waals surface area (Å²) in [6.07, 6.45) is 0.537. The molecular formula is C22H20F3NO2. The van der Waals surface area contributed by atoms with Crippen LogP contribution in [0.1, 0.15) is 52.4 Å². The van der Waals surface area contributed by atoms with Gasteiger partial charge in [0.1, 0.15) is 0 Å². The summed E-state index contributed by atoms with van der Waals surface area (Å²) in [4.78, 5) is 12.1. The molecule has 2 aromatic rings. The summed E-state index contributed by atoms with van der Waals surface area (Å²) in [7, 11) is 0. The van der Waals surface area contributed by atoms with E-state index in [0.29, 0.717) is 17.7 Å². The topological polar surface area (TPSA) is 38.3 Å². The van der Waals surface area contributed by atoms with Gasteiger partial charge in [0.15, 0.2) is 0 Å². The fourth-order valence-corrected chi connectivity index (χ4v) is 4.17. The SMILES string of the molecule is CCOC(=O)c1ccc2c(c1)C1C=CCC1C(c1cccc(C(F)(F)F)c1)N2. The van der Waals surface area contributed by atoms with Crippen molar-refractivity contribution in [3.05, 3.63) is 76.9 Å². The molecule has 0 bridgehead atoms. The van der Waals surface area contributed by atoms with Gasteiger partial charge in [-0.3, -0.25) is 0 Å². The smallest absolute Gasteiger partial charge is 0.416 e. The van der Waals surface area contributed by atoms with Crippen molar-refractivity contribution in [2.24, 2.45) is 5.92 Å². The Labute approximate surface area is 161 Å². The molecule has 146 valence electrons. The number of anilines is 1. The number of carbonyl (C=O) groups is 1. The Hall–Kier alpha value is -2.76. The normalized spacial score (nSPS) is 22.9. The standard InChI is InChI=1S/C22H20F3NO2/c1-2-28-21(27)14-9-10-19-18(12-14)16-7-4-8-17(16)20(26-19)13-5-3-6-15(11-13)22(23,24)25/h3-7,9-12,16-17,20,26H,2,8H2,1H3. The van der Waals surface area contributed by atoms with Gasteiger partial charge in [-0.1, -0.05) is 24.3 Å². The summed E-state index contributed by atoms with van der Waals surface area (Å²) >= 11 is 0. The molecule has 0 aromatic heterocycles. The molecule has 1 aliphatic heterocycles. The van der Waals surface area contributed by atoms with Crippen LogP contribution >= 0.6 is 0 Å². The summed E-state index contributed by atoms with van der Waals surface area (Å²) in [5.41, 5.74) is 2.28. The van der Waals surface area contributed by atoms with Gasteiger partial charge in [0.05, 0.1) is 23.8 Å². The highest BCUT2D eigenvalue weighted by Gasteiger charge is 2.39. The largest absolute Gasteiger partial charge is 0.462 e. The lowest BCUT2D eigenvalue weighted by atomic mass is 9.76. The van der Waals surface area contributed by atoms with Crippen molar-refractivity contribution in [1.82, 2.24) is 0 Å². The Morgan fingerprint density at radius 2 is 2.04 bits per heavy atom. The number of alkyl halides is 3. The minimum absolute atomic E-state index is 0.0465. The number of halogens is 3. The van der Waals surface area contributed by atoms with Crippen LogP contribution in [-0.2, 0) is 10.9 Å². The second-order valence-electron chi connectivity index (χ2n) is 7.12. The number of allylic oxidation sites excluding steroid dienone is 2. The first-order valence-electron chi connectivity index (χ1n) is 9.30. The van der Waals surface area contributed by atoms with Gasteiger partial charge in [-0.25, -0.2) is 4.79 Å². The quantitative estimate of drug-likeness (QED) is 0.542. The van der Waals surface area contributed by atoms with Crippen LogP contribution in [0.4, 0.5) is 18.9 Å². The van der Waals surface area contributed by atoms with Crippen LogP contribution in [0.25, 0.3) is 0 Å². The molecule has 0 spiro atoms. The summed E-state index contributed by atoms with van der Waals surface area (Å²) in [5.74, 6) is -0.234. The highest BCUT2D eigenvalue weighted by Crippen LogP contribution is 2.50. The van der Waals surface area contributed by atoms with E-state index in [-0.39, 0.29) is 23.8 Å². The van der Waals surface area contributed by atoms with E-state index in [4.69, 9.17) is 4.74 Å². The zero-order chi connectivity index (χ0) is 19.9. The molecule has 3 unspecified atom stereocenters. The zero-order valence-corrected chi connectivity index (χ0v) is 15.3. The minimum atomic E-state index is -4.37. The molecule has 2 aromatic carbocycles. The van der Waals surface area contributed by atoms with Crippen LogP contribution in [0, 0.1) is 5.92 Å². The van der Waals surface area contributed by atoms with Crippen molar-refractivity contribution in [3.8, 4) is 0 Å². The predicted molar refractivity (Wildman–Crippen MR) is 100 cm³/mol. The van der Waals surface area contributed by atoms with Gasteiger partial charge >= 0.3 is 12.1 Å². The Morgan fingerprint density at radius 3 is 2.79 bits per heavy atom. The van der Waals surface area contributed by atoms with E-state index in [1.807, 2.05) is 12.1 Å². The van der Waals surface area contributed by atoms with Gasteiger partial charge in [0.2, 0.25) is 0 Å². The fourth-order valence-electron chi connectivity index (χ4n) is 4.17. The number of benzene rings is 2. The van der Waals surface area contributed by atoms with Crippen molar-refractivity contribution < 1.29 is 22.7 Å². The molecule has 1 N–H and O–H groups in total. The average molecular weight is 387 g/mol. The van der Waals surface area contributed by atoms with Gasteiger partial charge < -0.3 is 10.1 Å². The lowest BCUT2D eigenvalue weighted by molar-refractivity contribution is -0.137. The lowest BCUT2D eigenvalue weighted by Crippen LogP contribution is -2.29. The molecule has 1 aliphatic carbocycles. The monoisotopic (exact) mass is 387 g/mol. The molecule has 0 saturated heterocycles. The van der Waals surface area contributed by atoms with Crippen LogP contribution in [-0.4, -0.2) is 12.6 Å². The number of ether oxygens (including phenoxy) is 1. The van der Waals surface area contributed by atoms with Crippen LogP contribution in [0.5, 0.6) is 0 Å². The van der Waals surface area contributed by atoms with Crippen molar-refractivity contribution >= 4 is 11.7 Å². The third kappa shape index (κ3) is 3.28. The second kappa shape index (κ2) is 7.00. The average Bonchev–Trinajstić information content (AvgIpc) is 3.17.